The van der Waals surface area contributed by atoms with E-state index < -0.39 is 46.5 Å². The number of carbonyl (C=O) groups excluding carboxylic acids is 6. The van der Waals surface area contributed by atoms with Crippen molar-refractivity contribution in [2.24, 2.45) is 0 Å². The van der Waals surface area contributed by atoms with Crippen molar-refractivity contribution in [2.75, 3.05) is 65.6 Å². The molecule has 0 spiro atoms. The summed E-state index contributed by atoms with van der Waals surface area (Å²) >= 11 is 0. The van der Waals surface area contributed by atoms with Gasteiger partial charge in [0.15, 0.2) is 0 Å². The first-order valence-electron chi connectivity index (χ1n) is 25.4. The van der Waals surface area contributed by atoms with Gasteiger partial charge in [-0.25, -0.2) is 19.2 Å². The first kappa shape index (κ1) is 58.4. The molecule has 0 saturated carbocycles. The standard InChI is InChI=1S/C48H78N10O12/c1-3-69-47(67)53-43(63)37-35-57(45(65)51-41(37)61)29-19-15-11-7-5-9-13-17-23-39(59)49-25-21-27-55-31-33-56(34-32-55)28-22-26-50-40(60)24-18-14-10-6-8-12-16-20-30-58-36-38(42(62)52-46(58)66)44(64)54-48(68)70-4-2/h35-36H,3-34H2,1-2H3,(H,49,59)(H,50,60)(H,51,61,65)(H,52,62,66)(H,53,63,67)(H,54,64,68). The molecule has 3 rings (SSSR count). The molecule has 3 heterocycles. The van der Waals surface area contributed by atoms with Gasteiger partial charge in [0.25, 0.3) is 22.9 Å². The first-order valence-corrected chi connectivity index (χ1v) is 25.4. The number of aryl methyl sites for hydroxylation is 2. The van der Waals surface area contributed by atoms with Crippen LogP contribution < -0.4 is 43.8 Å². The first-order chi connectivity index (χ1) is 33.8. The van der Waals surface area contributed by atoms with Crippen molar-refractivity contribution in [1.82, 2.24) is 50.2 Å². The van der Waals surface area contributed by atoms with E-state index in [1.54, 1.807) is 13.8 Å². The van der Waals surface area contributed by atoms with E-state index in [1.165, 1.54) is 21.5 Å². The topological polar surface area (TPSA) is 285 Å². The second-order valence-corrected chi connectivity index (χ2v) is 17.6. The second kappa shape index (κ2) is 34.4. The van der Waals surface area contributed by atoms with Crippen molar-refractivity contribution < 1.29 is 38.2 Å². The van der Waals surface area contributed by atoms with E-state index in [0.29, 0.717) is 51.9 Å². The number of nitrogens with zero attached hydrogens (tertiary/aromatic N) is 4. The Labute approximate surface area is 409 Å². The largest absolute Gasteiger partial charge is 0.450 e. The van der Waals surface area contributed by atoms with Crippen LogP contribution in [0.25, 0.3) is 0 Å². The lowest BCUT2D eigenvalue weighted by molar-refractivity contribution is -0.122. The predicted molar refractivity (Wildman–Crippen MR) is 263 cm³/mol. The number of imide groups is 2. The van der Waals surface area contributed by atoms with Crippen LogP contribution in [0.3, 0.4) is 0 Å². The van der Waals surface area contributed by atoms with Crippen LogP contribution in [0.15, 0.2) is 31.6 Å². The number of amides is 6. The molecule has 1 aliphatic heterocycles. The molecule has 392 valence electrons. The fraction of sp³-hybridized carbons (Fsp3) is 0.708. The minimum atomic E-state index is -0.966. The predicted octanol–water partition coefficient (Wildman–Crippen LogP) is 3.51. The Balaban J connectivity index is 1.08. The van der Waals surface area contributed by atoms with E-state index in [1.807, 2.05) is 10.6 Å². The van der Waals surface area contributed by atoms with E-state index in [4.69, 9.17) is 0 Å². The molecule has 0 unspecified atom stereocenters. The van der Waals surface area contributed by atoms with Gasteiger partial charge in [0, 0.05) is 77.6 Å². The molecule has 6 N–H and O–H groups in total. The monoisotopic (exact) mass is 987 g/mol. The summed E-state index contributed by atoms with van der Waals surface area (Å²) in [4.78, 5) is 130. The van der Waals surface area contributed by atoms with Crippen molar-refractivity contribution in [2.45, 2.75) is 155 Å². The number of unbranched alkanes of at least 4 members (excludes halogenated alkanes) is 14. The number of aromatic amines is 2. The van der Waals surface area contributed by atoms with E-state index in [0.717, 1.165) is 142 Å². The number of piperazine rings is 1. The number of hydrogen-bond donors (Lipinski definition) is 6. The Hall–Kier alpha value is -5.90. The maximum absolute atomic E-state index is 12.3. The van der Waals surface area contributed by atoms with Crippen LogP contribution >= 0.6 is 0 Å². The van der Waals surface area contributed by atoms with Crippen molar-refractivity contribution in [3.63, 3.8) is 0 Å². The average Bonchev–Trinajstić information content (AvgIpc) is 3.32. The Morgan fingerprint density at radius 2 is 0.800 bits per heavy atom. The molecule has 22 heteroatoms. The summed E-state index contributed by atoms with van der Waals surface area (Å²) in [5.74, 6) is -1.67. The van der Waals surface area contributed by atoms with Gasteiger partial charge < -0.3 is 29.9 Å². The Morgan fingerprint density at radius 3 is 1.14 bits per heavy atom. The Bertz CT molecular complexity index is 2030. The van der Waals surface area contributed by atoms with Crippen LogP contribution in [0.2, 0.25) is 0 Å². The average molecular weight is 987 g/mol. The van der Waals surface area contributed by atoms with E-state index in [9.17, 15) is 47.9 Å². The number of rotatable bonds is 34. The Morgan fingerprint density at radius 1 is 0.471 bits per heavy atom. The van der Waals surface area contributed by atoms with Crippen molar-refractivity contribution in [3.05, 3.63) is 65.2 Å². The lowest BCUT2D eigenvalue weighted by Gasteiger charge is -2.34. The highest BCUT2D eigenvalue weighted by atomic mass is 16.6. The zero-order chi connectivity index (χ0) is 50.9. The summed E-state index contributed by atoms with van der Waals surface area (Å²) in [7, 11) is 0. The molecule has 70 heavy (non-hydrogen) atoms. The summed E-state index contributed by atoms with van der Waals surface area (Å²) in [5.41, 5.74) is -3.63. The van der Waals surface area contributed by atoms with Crippen LogP contribution in [0.1, 0.15) is 163 Å². The smallest absolute Gasteiger partial charge is 0.414 e. The van der Waals surface area contributed by atoms with E-state index in [2.05, 4.69) is 39.9 Å². The minimum Gasteiger partial charge on any atom is -0.450 e. The van der Waals surface area contributed by atoms with E-state index in [-0.39, 0.29) is 36.2 Å². The maximum atomic E-state index is 12.3. The molecule has 0 aromatic carbocycles. The number of hydrogen-bond acceptors (Lipinski definition) is 14. The highest BCUT2D eigenvalue weighted by molar-refractivity contribution is 6.03. The lowest BCUT2D eigenvalue weighted by Crippen LogP contribution is -2.47. The van der Waals surface area contributed by atoms with Gasteiger partial charge in [0.1, 0.15) is 11.1 Å². The third-order valence-corrected chi connectivity index (χ3v) is 12.0. The molecule has 0 atom stereocenters. The van der Waals surface area contributed by atoms with Crippen LogP contribution in [0.4, 0.5) is 9.59 Å². The zero-order valence-corrected chi connectivity index (χ0v) is 41.5. The highest BCUT2D eigenvalue weighted by Gasteiger charge is 2.19. The molecule has 0 aliphatic carbocycles. The summed E-state index contributed by atoms with van der Waals surface area (Å²) in [5, 5.41) is 10.0. The van der Waals surface area contributed by atoms with Crippen LogP contribution in [-0.2, 0) is 32.2 Å². The molecule has 2 aromatic rings. The number of carbonyl (C=O) groups is 6. The molecular weight excluding hydrogens is 909 g/mol. The minimum absolute atomic E-state index is 0.0687. The van der Waals surface area contributed by atoms with Gasteiger partial charge in [-0.05, 0) is 65.5 Å². The number of alkyl carbamates (subject to hydrolysis) is 2. The molecule has 22 nitrogen and oxygen atoms in total. The number of H-pyrrole nitrogens is 2. The van der Waals surface area contributed by atoms with Gasteiger partial charge in [-0.3, -0.25) is 58.5 Å². The van der Waals surface area contributed by atoms with Gasteiger partial charge in [0.05, 0.1) is 13.2 Å². The van der Waals surface area contributed by atoms with Crippen LogP contribution in [0, 0.1) is 0 Å². The highest BCUT2D eigenvalue weighted by Crippen LogP contribution is 2.12. The quantitative estimate of drug-likeness (QED) is 0.0548. The molecule has 0 radical (unpaired) electrons. The molecule has 0 bridgehead atoms. The van der Waals surface area contributed by atoms with Gasteiger partial charge >= 0.3 is 23.6 Å². The molecule has 1 saturated heterocycles. The Kier molecular flexibility index (Phi) is 28.7. The van der Waals surface area contributed by atoms with E-state index >= 15 is 0 Å². The molecule has 6 amide bonds. The second-order valence-electron chi connectivity index (χ2n) is 17.6. The molecule has 2 aromatic heterocycles. The lowest BCUT2D eigenvalue weighted by atomic mass is 10.1. The summed E-state index contributed by atoms with van der Waals surface area (Å²) in [6.45, 7) is 11.2. The van der Waals surface area contributed by atoms with Crippen molar-refractivity contribution in [3.8, 4) is 0 Å². The van der Waals surface area contributed by atoms with Crippen molar-refractivity contribution >= 4 is 35.8 Å². The summed E-state index contributed by atoms with van der Waals surface area (Å²) in [6.07, 6.45) is 18.4. The number of aromatic nitrogens is 4. The third-order valence-electron chi connectivity index (χ3n) is 12.0. The van der Waals surface area contributed by atoms with Crippen molar-refractivity contribution in [1.29, 1.82) is 0 Å². The SMILES string of the molecule is CCOC(=O)NC(=O)c1cn(CCCCCCCCCCC(=O)NCCCN2CCN(CCCNC(=O)CCCCCCCCCCn3cc(C(=O)NC(=O)OCC)c(=O)[nH]c3=O)CC2)c(=O)[nH]c1=O. The summed E-state index contributed by atoms with van der Waals surface area (Å²) < 4.78 is 11.9. The van der Waals surface area contributed by atoms with Gasteiger partial charge in [-0.1, -0.05) is 77.0 Å². The zero-order valence-electron chi connectivity index (χ0n) is 41.5. The molecule has 1 aliphatic rings. The normalized spacial score (nSPS) is 12.8. The van der Waals surface area contributed by atoms with Crippen LogP contribution in [0.5, 0.6) is 0 Å². The van der Waals surface area contributed by atoms with Crippen LogP contribution in [-0.4, -0.2) is 130 Å². The third kappa shape index (κ3) is 24.1. The molecule has 1 fully saturated rings. The van der Waals surface area contributed by atoms with Gasteiger partial charge in [0.2, 0.25) is 11.8 Å². The maximum Gasteiger partial charge on any atom is 0.414 e. The van der Waals surface area contributed by atoms with Gasteiger partial charge in [-0.15, -0.1) is 0 Å². The summed E-state index contributed by atoms with van der Waals surface area (Å²) in [6, 6.07) is 0. The van der Waals surface area contributed by atoms with Gasteiger partial charge in [-0.2, -0.15) is 0 Å². The molecular formula is C48H78N10O12. The fourth-order valence-electron chi connectivity index (χ4n) is 8.06. The fourth-order valence-corrected chi connectivity index (χ4v) is 8.06. The number of ether oxygens (including phenoxy) is 2. The number of nitrogens with one attached hydrogen (secondary N) is 6.